The third kappa shape index (κ3) is 2.72. The van der Waals surface area contributed by atoms with Crippen molar-refractivity contribution in [1.29, 1.82) is 0 Å². The molecule has 1 amide bonds. The number of aromatic amines is 1. The molecule has 2 N–H and O–H groups in total. The lowest BCUT2D eigenvalue weighted by Crippen LogP contribution is -2.12. The third-order valence-corrected chi connectivity index (χ3v) is 3.32. The fraction of sp³-hybridized carbons (Fsp3) is 0.100. The van der Waals surface area contributed by atoms with E-state index in [4.69, 9.17) is 0 Å². The first-order valence-corrected chi connectivity index (χ1v) is 6.83. The van der Waals surface area contributed by atoms with Crippen molar-refractivity contribution >= 4 is 21.4 Å². The number of sulfone groups is 1. The molecule has 1 aromatic heterocycles. The number of nitrogens with one attached hydrogen (secondary N) is 2. The predicted octanol–water partition coefficient (Wildman–Crippen LogP) is 0.460. The first-order chi connectivity index (χ1) is 8.47. The molecule has 1 aromatic carbocycles. The van der Waals surface area contributed by atoms with Gasteiger partial charge < -0.3 is 5.32 Å². The van der Waals surface area contributed by atoms with Gasteiger partial charge in [-0.3, -0.25) is 4.79 Å². The lowest BCUT2D eigenvalue weighted by molar-refractivity contribution is 0.102. The van der Waals surface area contributed by atoms with E-state index in [-0.39, 0.29) is 10.6 Å². The SMILES string of the molecule is CS(=O)(=O)c1ccc(NC(=O)c2cn[nH]n2)cc1. The Labute approximate surface area is 103 Å². The van der Waals surface area contributed by atoms with Gasteiger partial charge in [-0.2, -0.15) is 15.4 Å². The van der Waals surface area contributed by atoms with E-state index in [1.54, 1.807) is 0 Å². The number of aromatic nitrogens is 3. The van der Waals surface area contributed by atoms with Gasteiger partial charge in [0.25, 0.3) is 5.91 Å². The van der Waals surface area contributed by atoms with Crippen LogP contribution in [0.15, 0.2) is 35.4 Å². The van der Waals surface area contributed by atoms with Crippen molar-refractivity contribution in [2.24, 2.45) is 0 Å². The largest absolute Gasteiger partial charge is 0.321 e. The second-order valence-electron chi connectivity index (χ2n) is 3.61. The van der Waals surface area contributed by atoms with Crippen LogP contribution in [0.1, 0.15) is 10.5 Å². The van der Waals surface area contributed by atoms with Crippen LogP contribution in [0, 0.1) is 0 Å². The molecule has 0 aliphatic carbocycles. The highest BCUT2D eigenvalue weighted by Gasteiger charge is 2.10. The van der Waals surface area contributed by atoms with Crippen molar-refractivity contribution in [3.05, 3.63) is 36.2 Å². The average Bonchev–Trinajstić information content (AvgIpc) is 2.82. The van der Waals surface area contributed by atoms with Gasteiger partial charge in [-0.15, -0.1) is 0 Å². The van der Waals surface area contributed by atoms with Crippen LogP contribution in [0.5, 0.6) is 0 Å². The number of rotatable bonds is 3. The Morgan fingerprint density at radius 1 is 1.28 bits per heavy atom. The Bertz CT molecular complexity index is 647. The molecule has 0 aliphatic heterocycles. The number of H-pyrrole nitrogens is 1. The van der Waals surface area contributed by atoms with Crippen molar-refractivity contribution in [1.82, 2.24) is 15.4 Å². The zero-order valence-electron chi connectivity index (χ0n) is 9.41. The molecule has 0 radical (unpaired) electrons. The quantitative estimate of drug-likeness (QED) is 0.839. The highest BCUT2D eigenvalue weighted by Crippen LogP contribution is 2.14. The molecule has 0 atom stereocenters. The van der Waals surface area contributed by atoms with Gasteiger partial charge in [-0.25, -0.2) is 8.42 Å². The Morgan fingerprint density at radius 2 is 1.94 bits per heavy atom. The van der Waals surface area contributed by atoms with Crippen molar-refractivity contribution < 1.29 is 13.2 Å². The molecule has 0 saturated carbocycles. The molecule has 1 heterocycles. The number of anilines is 1. The van der Waals surface area contributed by atoms with Gasteiger partial charge in [0.05, 0.1) is 11.1 Å². The lowest BCUT2D eigenvalue weighted by atomic mass is 10.3. The van der Waals surface area contributed by atoms with Gasteiger partial charge in [-0.05, 0) is 24.3 Å². The molecular formula is C10H10N4O3S. The summed E-state index contributed by atoms with van der Waals surface area (Å²) in [7, 11) is -3.23. The number of carbonyl (C=O) groups is 1. The molecule has 0 aliphatic rings. The Morgan fingerprint density at radius 3 is 2.44 bits per heavy atom. The smallest absolute Gasteiger partial charge is 0.277 e. The van der Waals surface area contributed by atoms with E-state index in [1.165, 1.54) is 30.5 Å². The first kappa shape index (κ1) is 12.2. The number of hydrogen-bond acceptors (Lipinski definition) is 5. The second-order valence-corrected chi connectivity index (χ2v) is 5.62. The predicted molar refractivity (Wildman–Crippen MR) is 63.9 cm³/mol. The van der Waals surface area contributed by atoms with Gasteiger partial charge in [-0.1, -0.05) is 0 Å². The third-order valence-electron chi connectivity index (χ3n) is 2.19. The average molecular weight is 266 g/mol. The van der Waals surface area contributed by atoms with Crippen molar-refractivity contribution in [2.45, 2.75) is 4.90 Å². The summed E-state index contributed by atoms with van der Waals surface area (Å²) in [5.74, 6) is -0.421. The van der Waals surface area contributed by atoms with E-state index in [9.17, 15) is 13.2 Å². The van der Waals surface area contributed by atoms with Gasteiger partial charge in [0.2, 0.25) is 0 Å². The van der Waals surface area contributed by atoms with Crippen LogP contribution in [0.3, 0.4) is 0 Å². The highest BCUT2D eigenvalue weighted by atomic mass is 32.2. The second kappa shape index (κ2) is 4.57. The standard InChI is InChI=1S/C10H10N4O3S/c1-18(16,17)8-4-2-7(3-5-8)12-10(15)9-6-11-14-13-9/h2-6H,1H3,(H,12,15)(H,11,13,14). The van der Waals surface area contributed by atoms with Crippen LogP contribution in [0.4, 0.5) is 5.69 Å². The van der Waals surface area contributed by atoms with Crippen LogP contribution in [-0.2, 0) is 9.84 Å². The van der Waals surface area contributed by atoms with E-state index in [2.05, 4.69) is 20.7 Å². The Hall–Kier alpha value is -2.22. The molecule has 18 heavy (non-hydrogen) atoms. The molecule has 7 nitrogen and oxygen atoms in total. The van der Waals surface area contributed by atoms with Gasteiger partial charge >= 0.3 is 0 Å². The fourth-order valence-electron chi connectivity index (χ4n) is 1.29. The number of amides is 1. The zero-order valence-corrected chi connectivity index (χ0v) is 10.2. The zero-order chi connectivity index (χ0) is 13.2. The maximum absolute atomic E-state index is 11.6. The molecule has 2 aromatic rings. The monoisotopic (exact) mass is 266 g/mol. The summed E-state index contributed by atoms with van der Waals surface area (Å²) in [6.45, 7) is 0. The van der Waals surface area contributed by atoms with E-state index < -0.39 is 15.7 Å². The van der Waals surface area contributed by atoms with E-state index in [1.807, 2.05) is 0 Å². The lowest BCUT2D eigenvalue weighted by Gasteiger charge is -2.03. The fourth-order valence-corrected chi connectivity index (χ4v) is 1.92. The maximum atomic E-state index is 11.6. The van der Waals surface area contributed by atoms with E-state index in [0.717, 1.165) is 6.26 Å². The van der Waals surface area contributed by atoms with Gasteiger partial charge in [0.15, 0.2) is 15.5 Å². The van der Waals surface area contributed by atoms with Crippen molar-refractivity contribution in [3.8, 4) is 0 Å². The van der Waals surface area contributed by atoms with Crippen molar-refractivity contribution in [3.63, 3.8) is 0 Å². The Balaban J connectivity index is 2.14. The molecule has 0 unspecified atom stereocenters. The molecule has 0 bridgehead atoms. The molecule has 94 valence electrons. The van der Waals surface area contributed by atoms with Crippen molar-refractivity contribution in [2.75, 3.05) is 11.6 Å². The summed E-state index contributed by atoms with van der Waals surface area (Å²) in [4.78, 5) is 11.8. The van der Waals surface area contributed by atoms with E-state index >= 15 is 0 Å². The highest BCUT2D eigenvalue weighted by molar-refractivity contribution is 7.90. The normalized spacial score (nSPS) is 11.2. The number of benzene rings is 1. The molecule has 8 heteroatoms. The summed E-state index contributed by atoms with van der Waals surface area (Å²) in [6.07, 6.45) is 2.41. The van der Waals surface area contributed by atoms with Crippen LogP contribution >= 0.6 is 0 Å². The van der Waals surface area contributed by atoms with E-state index in [0.29, 0.717) is 5.69 Å². The topological polar surface area (TPSA) is 105 Å². The number of nitrogens with zero attached hydrogens (tertiary/aromatic N) is 2. The summed E-state index contributed by atoms with van der Waals surface area (Å²) in [5, 5.41) is 12.0. The molecule has 0 saturated heterocycles. The summed E-state index contributed by atoms with van der Waals surface area (Å²) < 4.78 is 22.5. The summed E-state index contributed by atoms with van der Waals surface area (Å²) in [5.41, 5.74) is 0.637. The van der Waals surface area contributed by atoms with Crippen LogP contribution < -0.4 is 5.32 Å². The number of hydrogen-bond donors (Lipinski definition) is 2. The molecule has 0 fully saturated rings. The molecular weight excluding hydrogens is 256 g/mol. The van der Waals surface area contributed by atoms with Crippen LogP contribution in [-0.4, -0.2) is 36.0 Å². The molecule has 2 rings (SSSR count). The molecule has 0 spiro atoms. The van der Waals surface area contributed by atoms with Crippen LogP contribution in [0.2, 0.25) is 0 Å². The summed E-state index contributed by atoms with van der Waals surface area (Å²) >= 11 is 0. The first-order valence-electron chi connectivity index (χ1n) is 4.94. The minimum Gasteiger partial charge on any atom is -0.321 e. The van der Waals surface area contributed by atoms with Crippen LogP contribution in [0.25, 0.3) is 0 Å². The van der Waals surface area contributed by atoms with Gasteiger partial charge in [0, 0.05) is 11.9 Å². The summed E-state index contributed by atoms with van der Waals surface area (Å²) in [6, 6.07) is 5.87. The minimum absolute atomic E-state index is 0.155. The number of carbonyl (C=O) groups excluding carboxylic acids is 1. The minimum atomic E-state index is -3.23. The Kier molecular flexibility index (Phi) is 3.11. The maximum Gasteiger partial charge on any atom is 0.277 e. The van der Waals surface area contributed by atoms with Gasteiger partial charge in [0.1, 0.15) is 0 Å².